The van der Waals surface area contributed by atoms with Gasteiger partial charge >= 0.3 is 12.1 Å². The van der Waals surface area contributed by atoms with Crippen molar-refractivity contribution in [3.8, 4) is 0 Å². The van der Waals surface area contributed by atoms with E-state index in [4.69, 9.17) is 16.3 Å². The highest BCUT2D eigenvalue weighted by Gasteiger charge is 2.49. The molecule has 0 spiro atoms. The number of urea groups is 1. The van der Waals surface area contributed by atoms with Crippen LogP contribution in [0.5, 0.6) is 0 Å². The van der Waals surface area contributed by atoms with Crippen LogP contribution in [0.15, 0.2) is 36.5 Å². The number of pyridine rings is 1. The monoisotopic (exact) mass is 474 g/mol. The van der Waals surface area contributed by atoms with Crippen molar-refractivity contribution in [1.29, 1.82) is 0 Å². The lowest BCUT2D eigenvalue weighted by Crippen LogP contribution is -2.66. The topological polar surface area (TPSA) is 109 Å². The number of aryl methyl sites for hydroxylation is 1. The Morgan fingerprint density at radius 2 is 1.79 bits per heavy atom. The molecule has 0 saturated carbocycles. The molecular formula is C23H29ClN5O4+. The molecule has 0 unspecified atom stereocenters. The van der Waals surface area contributed by atoms with E-state index in [-0.39, 0.29) is 24.3 Å². The quantitative estimate of drug-likeness (QED) is 0.575. The van der Waals surface area contributed by atoms with Gasteiger partial charge in [0.05, 0.1) is 16.3 Å². The number of imide groups is 1. The van der Waals surface area contributed by atoms with Gasteiger partial charge in [-0.05, 0) is 52.0 Å². The number of carbonyl (C=O) groups is 3. The van der Waals surface area contributed by atoms with E-state index in [1.165, 1.54) is 6.20 Å². The third-order valence-electron chi connectivity index (χ3n) is 5.10. The van der Waals surface area contributed by atoms with Crippen LogP contribution in [0.2, 0.25) is 5.02 Å². The van der Waals surface area contributed by atoms with Crippen molar-refractivity contribution < 1.29 is 23.6 Å². The van der Waals surface area contributed by atoms with Crippen LogP contribution in [-0.2, 0) is 4.74 Å². The number of anilines is 2. The maximum atomic E-state index is 13.4. The van der Waals surface area contributed by atoms with Gasteiger partial charge in [-0.2, -0.15) is 4.79 Å². The number of quaternary nitrogens is 1. The smallest absolute Gasteiger partial charge is 0.414 e. The van der Waals surface area contributed by atoms with Gasteiger partial charge in [0, 0.05) is 19.3 Å². The lowest BCUT2D eigenvalue weighted by Gasteiger charge is -2.36. The van der Waals surface area contributed by atoms with Gasteiger partial charge in [0.2, 0.25) is 0 Å². The maximum absolute atomic E-state index is 13.4. The van der Waals surface area contributed by atoms with Crippen LogP contribution in [0.1, 0.15) is 36.7 Å². The van der Waals surface area contributed by atoms with Gasteiger partial charge in [0.25, 0.3) is 5.91 Å². The number of halogens is 1. The van der Waals surface area contributed by atoms with E-state index in [1.807, 2.05) is 6.92 Å². The number of ether oxygens (including phenoxy) is 1. The molecule has 33 heavy (non-hydrogen) atoms. The number of hydrogen-bond donors (Lipinski definition) is 3. The van der Waals surface area contributed by atoms with Gasteiger partial charge in [-0.15, -0.1) is 4.48 Å². The predicted molar refractivity (Wildman–Crippen MR) is 126 cm³/mol. The van der Waals surface area contributed by atoms with Gasteiger partial charge in [0.15, 0.2) is 0 Å². The first-order valence-corrected chi connectivity index (χ1v) is 11.0. The number of nitrogens with one attached hydrogen (secondary N) is 3. The summed E-state index contributed by atoms with van der Waals surface area (Å²) in [6.07, 6.45) is 0.805. The molecular weight excluding hydrogens is 446 g/mol. The molecule has 0 atom stereocenters. The number of aromatic nitrogens is 1. The first-order chi connectivity index (χ1) is 15.5. The summed E-state index contributed by atoms with van der Waals surface area (Å²) in [5.74, 6) is -0.129. The third-order valence-corrected chi connectivity index (χ3v) is 5.33. The van der Waals surface area contributed by atoms with Gasteiger partial charge in [-0.1, -0.05) is 23.2 Å². The molecule has 9 nitrogen and oxygen atoms in total. The van der Waals surface area contributed by atoms with Gasteiger partial charge in [0.1, 0.15) is 24.5 Å². The molecule has 3 N–H and O–H groups in total. The first-order valence-electron chi connectivity index (χ1n) is 10.7. The van der Waals surface area contributed by atoms with Crippen molar-refractivity contribution in [1.82, 2.24) is 10.3 Å². The van der Waals surface area contributed by atoms with Crippen LogP contribution < -0.4 is 16.0 Å². The predicted octanol–water partition coefficient (Wildman–Crippen LogP) is 4.18. The SMILES string of the molecule is Cc1ccc(NC(=O)[N+]2(C(=O)OC(C)(C)C)CCNCC2)c(C(=O)Nc2ccc(Cl)cn2)c1. The minimum absolute atomic E-state index is 0.239. The van der Waals surface area contributed by atoms with E-state index in [9.17, 15) is 14.4 Å². The van der Waals surface area contributed by atoms with Crippen molar-refractivity contribution in [2.45, 2.75) is 33.3 Å². The summed E-state index contributed by atoms with van der Waals surface area (Å²) in [4.78, 5) is 43.6. The Morgan fingerprint density at radius 1 is 1.09 bits per heavy atom. The zero-order valence-corrected chi connectivity index (χ0v) is 20.0. The van der Waals surface area contributed by atoms with E-state index in [2.05, 4.69) is 20.9 Å². The Labute approximate surface area is 198 Å². The average molecular weight is 475 g/mol. The average Bonchev–Trinajstić information content (AvgIpc) is 2.75. The van der Waals surface area contributed by atoms with Gasteiger partial charge in [-0.3, -0.25) is 10.1 Å². The highest BCUT2D eigenvalue weighted by Crippen LogP contribution is 2.24. The second-order valence-electron chi connectivity index (χ2n) is 8.94. The van der Waals surface area contributed by atoms with Gasteiger partial charge < -0.3 is 15.4 Å². The molecule has 3 rings (SSSR count). The van der Waals surface area contributed by atoms with Crippen LogP contribution in [-0.4, -0.2) is 59.3 Å². The molecule has 1 saturated heterocycles. The molecule has 4 amide bonds. The zero-order valence-electron chi connectivity index (χ0n) is 19.2. The molecule has 1 fully saturated rings. The second kappa shape index (κ2) is 9.86. The van der Waals surface area contributed by atoms with Gasteiger partial charge in [-0.25, -0.2) is 9.78 Å². The van der Waals surface area contributed by atoms with Crippen molar-refractivity contribution in [2.75, 3.05) is 36.8 Å². The van der Waals surface area contributed by atoms with Crippen LogP contribution >= 0.6 is 11.6 Å². The molecule has 10 heteroatoms. The Kier molecular flexibility index (Phi) is 7.36. The van der Waals surface area contributed by atoms with Crippen LogP contribution in [0, 0.1) is 6.92 Å². The maximum Gasteiger partial charge on any atom is 0.525 e. The molecule has 0 aliphatic carbocycles. The summed E-state index contributed by atoms with van der Waals surface area (Å²) in [7, 11) is 0. The van der Waals surface area contributed by atoms with Crippen molar-refractivity contribution in [3.63, 3.8) is 0 Å². The molecule has 2 heterocycles. The molecule has 1 aromatic carbocycles. The normalized spacial score (nSPS) is 15.4. The van der Waals surface area contributed by atoms with E-state index < -0.39 is 28.1 Å². The summed E-state index contributed by atoms with van der Waals surface area (Å²) in [5.41, 5.74) is 0.628. The van der Waals surface area contributed by atoms with E-state index in [0.717, 1.165) is 5.56 Å². The summed E-state index contributed by atoms with van der Waals surface area (Å²) in [6.45, 7) is 8.56. The fourth-order valence-electron chi connectivity index (χ4n) is 3.41. The molecule has 176 valence electrons. The van der Waals surface area contributed by atoms with Crippen molar-refractivity contribution >= 4 is 41.1 Å². The summed E-state index contributed by atoms with van der Waals surface area (Å²) in [5, 5.41) is 9.10. The van der Waals surface area contributed by atoms with Crippen LogP contribution in [0.3, 0.4) is 0 Å². The Morgan fingerprint density at radius 3 is 2.39 bits per heavy atom. The zero-order chi connectivity index (χ0) is 24.2. The minimum atomic E-state index is -0.742. The summed E-state index contributed by atoms with van der Waals surface area (Å²) < 4.78 is 5.06. The first kappa shape index (κ1) is 24.6. The molecule has 1 aliphatic rings. The lowest BCUT2D eigenvalue weighted by atomic mass is 10.1. The Bertz CT molecular complexity index is 1040. The van der Waals surface area contributed by atoms with E-state index >= 15 is 0 Å². The standard InChI is InChI=1S/C23H28ClN5O4/c1-15-5-7-18(17(13-15)20(30)28-19-8-6-16(24)14-26-19)27-21(31)29(11-9-25-10-12-29)22(32)33-23(2,3)4/h5-8,13-14,25H,9-12H2,1-4H3,(H-,26,27,28,30,31)/p+1. The molecule has 2 aromatic rings. The number of piperazine rings is 1. The van der Waals surface area contributed by atoms with Crippen molar-refractivity contribution in [3.05, 3.63) is 52.7 Å². The molecule has 0 radical (unpaired) electrons. The van der Waals surface area contributed by atoms with E-state index in [0.29, 0.717) is 23.9 Å². The molecule has 0 bridgehead atoms. The Hall–Kier alpha value is -3.01. The van der Waals surface area contributed by atoms with E-state index in [1.54, 1.807) is 51.1 Å². The minimum Gasteiger partial charge on any atom is -0.414 e. The number of carbonyl (C=O) groups excluding carboxylic acids is 3. The van der Waals surface area contributed by atoms with Crippen LogP contribution in [0.4, 0.5) is 21.1 Å². The highest BCUT2D eigenvalue weighted by atomic mass is 35.5. The number of benzene rings is 1. The summed E-state index contributed by atoms with van der Waals surface area (Å²) in [6, 6.07) is 7.73. The number of rotatable bonds is 3. The molecule has 1 aromatic heterocycles. The van der Waals surface area contributed by atoms with Crippen LogP contribution in [0.25, 0.3) is 0 Å². The largest absolute Gasteiger partial charge is 0.525 e. The summed E-state index contributed by atoms with van der Waals surface area (Å²) >= 11 is 5.85. The number of amides is 4. The second-order valence-corrected chi connectivity index (χ2v) is 9.38. The Balaban J connectivity index is 1.88. The fraction of sp³-hybridized carbons (Fsp3) is 0.391. The van der Waals surface area contributed by atoms with Crippen molar-refractivity contribution in [2.24, 2.45) is 0 Å². The number of nitrogens with zero attached hydrogens (tertiary/aromatic N) is 2. The fourth-order valence-corrected chi connectivity index (χ4v) is 3.52. The lowest BCUT2D eigenvalue weighted by molar-refractivity contribution is -0.778. The molecule has 1 aliphatic heterocycles. The number of hydrogen-bond acceptors (Lipinski definition) is 6. The third kappa shape index (κ3) is 6.07. The highest BCUT2D eigenvalue weighted by molar-refractivity contribution is 6.30.